The third-order valence-corrected chi connectivity index (χ3v) is 3.01. The molecule has 0 heterocycles. The van der Waals surface area contributed by atoms with Crippen LogP contribution in [0.3, 0.4) is 0 Å². The number of amides is 2. The average Bonchev–Trinajstić information content (AvgIpc) is 2.47. The molecule has 3 N–H and O–H groups in total. The van der Waals surface area contributed by atoms with Gasteiger partial charge >= 0.3 is 12.0 Å². The fraction of sp³-hybridized carbons (Fsp3) is 0.125. The molecule has 2 amide bonds. The molecule has 0 spiro atoms. The van der Waals surface area contributed by atoms with Crippen LogP contribution in [0.25, 0.3) is 0 Å². The Morgan fingerprint density at radius 1 is 1.05 bits per heavy atom. The first kappa shape index (κ1) is 15.4. The van der Waals surface area contributed by atoms with Gasteiger partial charge < -0.3 is 20.5 Å². The van der Waals surface area contributed by atoms with E-state index in [2.05, 4.69) is 10.6 Å². The van der Waals surface area contributed by atoms with Gasteiger partial charge in [-0.3, -0.25) is 0 Å². The first-order chi connectivity index (χ1) is 10.5. The van der Waals surface area contributed by atoms with Crippen LogP contribution in [0.4, 0.5) is 16.2 Å². The molecule has 0 fully saturated rings. The topological polar surface area (TPSA) is 87.7 Å². The van der Waals surface area contributed by atoms with Gasteiger partial charge in [-0.1, -0.05) is 18.2 Å². The van der Waals surface area contributed by atoms with Crippen LogP contribution in [-0.2, 0) is 0 Å². The number of aryl methyl sites for hydroxylation is 1. The van der Waals surface area contributed by atoms with Crippen LogP contribution in [-0.4, -0.2) is 24.2 Å². The van der Waals surface area contributed by atoms with E-state index in [1.807, 2.05) is 13.0 Å². The van der Waals surface area contributed by atoms with Gasteiger partial charge in [0.05, 0.1) is 24.0 Å². The summed E-state index contributed by atoms with van der Waals surface area (Å²) >= 11 is 0. The number of carbonyl (C=O) groups excluding carboxylic acids is 1. The largest absolute Gasteiger partial charge is 0.495 e. The molecule has 0 atom stereocenters. The molecule has 2 rings (SSSR count). The zero-order valence-corrected chi connectivity index (χ0v) is 12.2. The maximum atomic E-state index is 12.1. The molecule has 2 aromatic carbocycles. The van der Waals surface area contributed by atoms with Crippen LogP contribution in [0.15, 0.2) is 42.5 Å². The SMILES string of the molecule is COc1ccc(C)cc1NC(=O)Nc1ccccc1C(=O)O. The lowest BCUT2D eigenvalue weighted by atomic mass is 10.2. The predicted octanol–water partition coefficient (Wildman–Crippen LogP) is 3.35. The second-order valence-electron chi connectivity index (χ2n) is 4.63. The van der Waals surface area contributed by atoms with Crippen molar-refractivity contribution in [2.45, 2.75) is 6.92 Å². The standard InChI is InChI=1S/C16H16N2O4/c1-10-7-8-14(22-2)13(9-10)18-16(21)17-12-6-4-3-5-11(12)15(19)20/h3-9H,1-2H3,(H,19,20)(H2,17,18,21). The normalized spacial score (nSPS) is 9.91. The Bertz CT molecular complexity index is 713. The lowest BCUT2D eigenvalue weighted by Gasteiger charge is -2.13. The zero-order valence-electron chi connectivity index (χ0n) is 12.2. The number of aromatic carboxylic acids is 1. The van der Waals surface area contributed by atoms with E-state index in [1.165, 1.54) is 19.2 Å². The van der Waals surface area contributed by atoms with Gasteiger partial charge in [-0.25, -0.2) is 9.59 Å². The fourth-order valence-electron chi connectivity index (χ4n) is 1.97. The van der Waals surface area contributed by atoms with Gasteiger partial charge in [0.15, 0.2) is 0 Å². The molecule has 6 nitrogen and oxygen atoms in total. The Balaban J connectivity index is 2.18. The molecule has 0 saturated carbocycles. The molecular weight excluding hydrogens is 284 g/mol. The minimum absolute atomic E-state index is 0.0221. The van der Waals surface area contributed by atoms with Crippen molar-refractivity contribution in [3.05, 3.63) is 53.6 Å². The van der Waals surface area contributed by atoms with Crippen LogP contribution < -0.4 is 15.4 Å². The number of nitrogens with one attached hydrogen (secondary N) is 2. The van der Waals surface area contributed by atoms with Gasteiger partial charge in [-0.2, -0.15) is 0 Å². The first-order valence-electron chi connectivity index (χ1n) is 6.56. The van der Waals surface area contributed by atoms with E-state index in [9.17, 15) is 9.59 Å². The van der Waals surface area contributed by atoms with Crippen LogP contribution >= 0.6 is 0 Å². The number of ether oxygens (including phenoxy) is 1. The molecule has 0 bridgehead atoms. The van der Waals surface area contributed by atoms with Crippen LogP contribution in [0.2, 0.25) is 0 Å². The van der Waals surface area contributed by atoms with Crippen LogP contribution in [0, 0.1) is 6.92 Å². The van der Waals surface area contributed by atoms with Crippen molar-refractivity contribution in [3.8, 4) is 5.75 Å². The highest BCUT2D eigenvalue weighted by molar-refractivity contribution is 6.05. The highest BCUT2D eigenvalue weighted by Crippen LogP contribution is 2.25. The number of hydrogen-bond acceptors (Lipinski definition) is 3. The number of carboxylic acid groups (broad SMARTS) is 1. The summed E-state index contributed by atoms with van der Waals surface area (Å²) in [5.74, 6) is -0.587. The number of urea groups is 1. The molecule has 6 heteroatoms. The number of rotatable bonds is 4. The van der Waals surface area contributed by atoms with E-state index in [1.54, 1.807) is 24.3 Å². The fourth-order valence-corrected chi connectivity index (χ4v) is 1.97. The third-order valence-electron chi connectivity index (χ3n) is 3.01. The van der Waals surface area contributed by atoms with Crippen molar-refractivity contribution in [3.63, 3.8) is 0 Å². The molecule has 0 saturated heterocycles. The highest BCUT2D eigenvalue weighted by Gasteiger charge is 2.13. The second-order valence-corrected chi connectivity index (χ2v) is 4.63. The van der Waals surface area contributed by atoms with Gasteiger partial charge in [0.1, 0.15) is 5.75 Å². The number of methoxy groups -OCH3 is 1. The molecule has 114 valence electrons. The number of para-hydroxylation sites is 1. The van der Waals surface area contributed by atoms with Gasteiger partial charge in [0.25, 0.3) is 0 Å². The van der Waals surface area contributed by atoms with Gasteiger partial charge in [0.2, 0.25) is 0 Å². The Hall–Kier alpha value is -3.02. The van der Waals surface area contributed by atoms with Crippen LogP contribution in [0.5, 0.6) is 5.75 Å². The molecule has 0 aromatic heterocycles. The van der Waals surface area contributed by atoms with E-state index in [0.29, 0.717) is 11.4 Å². The summed E-state index contributed by atoms with van der Waals surface area (Å²) in [6, 6.07) is 11.0. The van der Waals surface area contributed by atoms with Gasteiger partial charge in [-0.05, 0) is 36.8 Å². The van der Waals surface area contributed by atoms with Crippen molar-refractivity contribution in [1.82, 2.24) is 0 Å². The summed E-state index contributed by atoms with van der Waals surface area (Å²) in [6.07, 6.45) is 0. The molecule has 0 aliphatic carbocycles. The molecular formula is C16H16N2O4. The molecule has 0 unspecified atom stereocenters. The third kappa shape index (κ3) is 3.54. The van der Waals surface area contributed by atoms with Crippen molar-refractivity contribution >= 4 is 23.4 Å². The van der Waals surface area contributed by atoms with E-state index in [0.717, 1.165) is 5.56 Å². The number of benzene rings is 2. The summed E-state index contributed by atoms with van der Waals surface area (Å²) in [5.41, 5.74) is 1.71. The van der Waals surface area contributed by atoms with Crippen molar-refractivity contribution in [2.24, 2.45) is 0 Å². The summed E-state index contributed by atoms with van der Waals surface area (Å²) in [7, 11) is 1.51. The van der Waals surface area contributed by atoms with E-state index < -0.39 is 12.0 Å². The molecule has 0 aliphatic heterocycles. The van der Waals surface area contributed by atoms with E-state index in [4.69, 9.17) is 9.84 Å². The molecule has 22 heavy (non-hydrogen) atoms. The first-order valence-corrected chi connectivity index (χ1v) is 6.56. The Morgan fingerprint density at radius 2 is 1.73 bits per heavy atom. The Morgan fingerprint density at radius 3 is 2.41 bits per heavy atom. The van der Waals surface area contributed by atoms with E-state index >= 15 is 0 Å². The van der Waals surface area contributed by atoms with Gasteiger partial charge in [0, 0.05) is 0 Å². The number of anilines is 2. The van der Waals surface area contributed by atoms with Crippen molar-refractivity contribution < 1.29 is 19.4 Å². The Labute approximate surface area is 127 Å². The number of carboxylic acids is 1. The molecule has 0 radical (unpaired) electrons. The molecule has 2 aromatic rings. The summed E-state index contributed by atoms with van der Waals surface area (Å²) in [6.45, 7) is 1.89. The maximum Gasteiger partial charge on any atom is 0.337 e. The van der Waals surface area contributed by atoms with E-state index in [-0.39, 0.29) is 11.3 Å². The minimum Gasteiger partial charge on any atom is -0.495 e. The van der Waals surface area contributed by atoms with Crippen molar-refractivity contribution in [1.29, 1.82) is 0 Å². The van der Waals surface area contributed by atoms with Crippen LogP contribution in [0.1, 0.15) is 15.9 Å². The molecule has 0 aliphatic rings. The average molecular weight is 300 g/mol. The second kappa shape index (κ2) is 6.62. The number of carbonyl (C=O) groups is 2. The zero-order chi connectivity index (χ0) is 16.1. The summed E-state index contributed by atoms with van der Waals surface area (Å²) in [4.78, 5) is 23.2. The monoisotopic (exact) mass is 300 g/mol. The number of hydrogen-bond donors (Lipinski definition) is 3. The Kier molecular flexibility index (Phi) is 4.63. The predicted molar refractivity (Wildman–Crippen MR) is 83.8 cm³/mol. The quantitative estimate of drug-likeness (QED) is 0.808. The van der Waals surface area contributed by atoms with Gasteiger partial charge in [-0.15, -0.1) is 0 Å². The maximum absolute atomic E-state index is 12.1. The van der Waals surface area contributed by atoms with Crippen molar-refractivity contribution in [2.75, 3.05) is 17.7 Å². The summed E-state index contributed by atoms with van der Waals surface area (Å²) in [5, 5.41) is 14.3. The lowest BCUT2D eigenvalue weighted by Crippen LogP contribution is -2.21. The summed E-state index contributed by atoms with van der Waals surface area (Å²) < 4.78 is 5.18. The minimum atomic E-state index is -1.11. The smallest absolute Gasteiger partial charge is 0.337 e. The highest BCUT2D eigenvalue weighted by atomic mass is 16.5. The lowest BCUT2D eigenvalue weighted by molar-refractivity contribution is 0.0698.